The van der Waals surface area contributed by atoms with Crippen molar-refractivity contribution in [3.63, 3.8) is 0 Å². The second-order valence-corrected chi connectivity index (χ2v) is 6.28. The number of rotatable bonds is 4. The van der Waals surface area contributed by atoms with E-state index in [1.165, 1.54) is 43.7 Å². The molecule has 2 N–H and O–H groups in total. The molecule has 0 aromatic carbocycles. The predicted molar refractivity (Wildman–Crippen MR) is 83.0 cm³/mol. The lowest BCUT2D eigenvalue weighted by atomic mass is 10.1. The summed E-state index contributed by atoms with van der Waals surface area (Å²) in [6.07, 6.45) is 2.89. The van der Waals surface area contributed by atoms with E-state index in [1.807, 2.05) is 0 Å². The Bertz CT molecular complexity index is 474. The fourth-order valence-electron chi connectivity index (χ4n) is 3.21. The van der Waals surface area contributed by atoms with E-state index >= 15 is 0 Å². The van der Waals surface area contributed by atoms with E-state index in [-0.39, 0.29) is 0 Å². The largest absolute Gasteiger partial charge is 0.369 e. The van der Waals surface area contributed by atoms with Crippen molar-refractivity contribution in [2.24, 2.45) is 11.7 Å². The first-order valence-corrected chi connectivity index (χ1v) is 7.82. The molecule has 0 amide bonds. The van der Waals surface area contributed by atoms with Gasteiger partial charge >= 0.3 is 0 Å². The third-order valence-corrected chi connectivity index (χ3v) is 4.57. The van der Waals surface area contributed by atoms with Crippen LogP contribution in [0.4, 0.5) is 5.69 Å². The summed E-state index contributed by atoms with van der Waals surface area (Å²) in [5.41, 5.74) is 10.6. The van der Waals surface area contributed by atoms with E-state index in [0.29, 0.717) is 6.54 Å². The summed E-state index contributed by atoms with van der Waals surface area (Å²) in [6.45, 7) is 10.6. The van der Waals surface area contributed by atoms with Crippen LogP contribution in [0.15, 0.2) is 6.07 Å². The van der Waals surface area contributed by atoms with Gasteiger partial charge in [-0.25, -0.2) is 0 Å². The van der Waals surface area contributed by atoms with Gasteiger partial charge < -0.3 is 10.6 Å². The highest BCUT2D eigenvalue weighted by molar-refractivity contribution is 5.56. The van der Waals surface area contributed by atoms with Gasteiger partial charge in [0.15, 0.2) is 0 Å². The van der Waals surface area contributed by atoms with E-state index in [2.05, 4.69) is 34.7 Å². The molecule has 1 aliphatic carbocycles. The summed E-state index contributed by atoms with van der Waals surface area (Å²) >= 11 is 0. The number of nitrogens with two attached hydrogens (primary N) is 1. The van der Waals surface area contributed by atoms with Crippen molar-refractivity contribution >= 4 is 5.69 Å². The Labute approximate surface area is 122 Å². The molecule has 0 unspecified atom stereocenters. The number of nitrogens with zero attached hydrogens (tertiary/aromatic N) is 3. The highest BCUT2D eigenvalue weighted by Gasteiger charge is 2.27. The van der Waals surface area contributed by atoms with Crippen molar-refractivity contribution in [1.82, 2.24) is 9.88 Å². The fraction of sp³-hybridized carbons (Fsp3) is 0.688. The zero-order valence-corrected chi connectivity index (χ0v) is 12.7. The first-order chi connectivity index (χ1) is 9.67. The van der Waals surface area contributed by atoms with Gasteiger partial charge in [-0.1, -0.05) is 0 Å². The molecule has 4 nitrogen and oxygen atoms in total. The van der Waals surface area contributed by atoms with Crippen LogP contribution in [-0.2, 0) is 6.54 Å². The summed E-state index contributed by atoms with van der Waals surface area (Å²) in [5, 5.41) is 0. The first kappa shape index (κ1) is 13.8. The summed E-state index contributed by atoms with van der Waals surface area (Å²) in [6, 6.07) is 2.20. The summed E-state index contributed by atoms with van der Waals surface area (Å²) in [4.78, 5) is 9.66. The lowest BCUT2D eigenvalue weighted by Gasteiger charge is -2.37. The summed E-state index contributed by atoms with van der Waals surface area (Å²) < 4.78 is 0. The Morgan fingerprint density at radius 1 is 1.20 bits per heavy atom. The maximum atomic E-state index is 5.93. The minimum Gasteiger partial charge on any atom is -0.369 e. The van der Waals surface area contributed by atoms with Gasteiger partial charge in [-0.05, 0) is 38.7 Å². The van der Waals surface area contributed by atoms with Crippen molar-refractivity contribution in [2.45, 2.75) is 33.2 Å². The zero-order chi connectivity index (χ0) is 14.1. The first-order valence-electron chi connectivity index (χ1n) is 7.82. The molecule has 2 aliphatic rings. The van der Waals surface area contributed by atoms with E-state index in [0.717, 1.165) is 30.4 Å². The molecule has 0 spiro atoms. The minimum absolute atomic E-state index is 0.580. The second-order valence-electron chi connectivity index (χ2n) is 6.28. The molecule has 0 radical (unpaired) electrons. The lowest BCUT2D eigenvalue weighted by Crippen LogP contribution is -2.47. The van der Waals surface area contributed by atoms with Crippen LogP contribution in [0.5, 0.6) is 0 Å². The Balaban J connectivity index is 1.70. The van der Waals surface area contributed by atoms with Crippen LogP contribution in [0.25, 0.3) is 0 Å². The molecule has 1 saturated carbocycles. The van der Waals surface area contributed by atoms with Crippen LogP contribution >= 0.6 is 0 Å². The average Bonchev–Trinajstić information content (AvgIpc) is 3.23. The number of hydrogen-bond donors (Lipinski definition) is 1. The quantitative estimate of drug-likeness (QED) is 0.907. The monoisotopic (exact) mass is 274 g/mol. The standard InChI is InChI=1S/C16H26N4/c1-12-9-16(15(10-17)13(2)18-12)20-7-5-19(6-8-20)11-14-3-4-14/h9,14H,3-8,10-11,17H2,1-2H3. The smallest absolute Gasteiger partial charge is 0.0449 e. The molecule has 3 rings (SSSR count). The summed E-state index contributed by atoms with van der Waals surface area (Å²) in [7, 11) is 0. The molecule has 0 bridgehead atoms. The molecular weight excluding hydrogens is 248 g/mol. The number of pyridine rings is 1. The van der Waals surface area contributed by atoms with Crippen molar-refractivity contribution in [3.8, 4) is 0 Å². The minimum atomic E-state index is 0.580. The van der Waals surface area contributed by atoms with Crippen LogP contribution in [0.3, 0.4) is 0 Å². The van der Waals surface area contributed by atoms with E-state index < -0.39 is 0 Å². The van der Waals surface area contributed by atoms with Gasteiger partial charge in [0.05, 0.1) is 0 Å². The molecule has 0 atom stereocenters. The Morgan fingerprint density at radius 3 is 2.50 bits per heavy atom. The molecule has 1 saturated heterocycles. The highest BCUT2D eigenvalue weighted by atomic mass is 15.3. The zero-order valence-electron chi connectivity index (χ0n) is 12.7. The summed E-state index contributed by atoms with van der Waals surface area (Å²) in [5.74, 6) is 0.992. The lowest BCUT2D eigenvalue weighted by molar-refractivity contribution is 0.248. The number of piperazine rings is 1. The van der Waals surface area contributed by atoms with Crippen molar-refractivity contribution in [1.29, 1.82) is 0 Å². The maximum Gasteiger partial charge on any atom is 0.0449 e. The van der Waals surface area contributed by atoms with Gasteiger partial charge in [0.2, 0.25) is 0 Å². The number of aryl methyl sites for hydroxylation is 2. The fourth-order valence-corrected chi connectivity index (χ4v) is 3.21. The Morgan fingerprint density at radius 2 is 1.90 bits per heavy atom. The second kappa shape index (κ2) is 5.70. The molecule has 1 aliphatic heterocycles. The van der Waals surface area contributed by atoms with E-state index in [4.69, 9.17) is 5.73 Å². The molecular formula is C16H26N4. The molecule has 20 heavy (non-hydrogen) atoms. The Kier molecular flexibility index (Phi) is 3.94. The van der Waals surface area contributed by atoms with Crippen LogP contribution in [0.1, 0.15) is 29.8 Å². The third-order valence-electron chi connectivity index (χ3n) is 4.57. The molecule has 1 aromatic rings. The Hall–Kier alpha value is -1.13. The topological polar surface area (TPSA) is 45.4 Å². The molecule has 2 heterocycles. The van der Waals surface area contributed by atoms with Gasteiger partial charge in [-0.15, -0.1) is 0 Å². The highest BCUT2D eigenvalue weighted by Crippen LogP contribution is 2.30. The molecule has 1 aromatic heterocycles. The van der Waals surface area contributed by atoms with Crippen LogP contribution in [-0.4, -0.2) is 42.6 Å². The van der Waals surface area contributed by atoms with Crippen LogP contribution in [0.2, 0.25) is 0 Å². The molecule has 4 heteroatoms. The van der Waals surface area contributed by atoms with Gasteiger partial charge in [0.25, 0.3) is 0 Å². The SMILES string of the molecule is Cc1cc(N2CCN(CC3CC3)CC2)c(CN)c(C)n1. The number of hydrogen-bond acceptors (Lipinski definition) is 4. The van der Waals surface area contributed by atoms with Crippen molar-refractivity contribution in [3.05, 3.63) is 23.0 Å². The third kappa shape index (κ3) is 2.96. The normalized spacial score (nSPS) is 20.4. The van der Waals surface area contributed by atoms with Crippen LogP contribution in [0, 0.1) is 19.8 Å². The number of aromatic nitrogens is 1. The molecule has 110 valence electrons. The van der Waals surface area contributed by atoms with Gasteiger partial charge in [-0.2, -0.15) is 0 Å². The van der Waals surface area contributed by atoms with Crippen LogP contribution < -0.4 is 10.6 Å². The van der Waals surface area contributed by atoms with E-state index in [9.17, 15) is 0 Å². The predicted octanol–water partition coefficient (Wildman–Crippen LogP) is 1.69. The van der Waals surface area contributed by atoms with Gasteiger partial charge in [0.1, 0.15) is 0 Å². The van der Waals surface area contributed by atoms with Gasteiger partial charge in [-0.3, -0.25) is 9.88 Å². The maximum absolute atomic E-state index is 5.93. The van der Waals surface area contributed by atoms with Gasteiger partial charge in [0, 0.05) is 61.9 Å². The number of anilines is 1. The van der Waals surface area contributed by atoms with Crippen molar-refractivity contribution < 1.29 is 0 Å². The van der Waals surface area contributed by atoms with E-state index in [1.54, 1.807) is 0 Å². The molecule has 2 fully saturated rings. The average molecular weight is 274 g/mol. The van der Waals surface area contributed by atoms with Crippen molar-refractivity contribution in [2.75, 3.05) is 37.6 Å².